The molecule has 0 aromatic heterocycles. The summed E-state index contributed by atoms with van der Waals surface area (Å²) in [6.07, 6.45) is 11.2. The van der Waals surface area contributed by atoms with Crippen molar-refractivity contribution in [2.45, 2.75) is 121 Å². The van der Waals surface area contributed by atoms with Gasteiger partial charge in [-0.3, -0.25) is 4.79 Å². The third-order valence-corrected chi connectivity index (χ3v) is 13.3. The Hall–Kier alpha value is -0.590. The van der Waals surface area contributed by atoms with Gasteiger partial charge in [0.05, 0.1) is 0 Å². The van der Waals surface area contributed by atoms with Crippen molar-refractivity contribution < 1.29 is 4.79 Å². The summed E-state index contributed by atoms with van der Waals surface area (Å²) in [5.74, 6) is 5.77. The molecule has 4 rings (SSSR count). The smallest absolute Gasteiger partial charge is 0.159 e. The van der Waals surface area contributed by atoms with E-state index in [1.54, 1.807) is 5.57 Å². The molecule has 3 saturated carbocycles. The number of fused-ring (bicyclic) bond motifs is 5. The molecule has 0 aromatic carbocycles. The molecule has 4 aliphatic carbocycles. The molecule has 0 bridgehead atoms. The number of ketones is 1. The first-order chi connectivity index (χ1) is 15.6. The maximum absolute atomic E-state index is 13.6. The van der Waals surface area contributed by atoms with Gasteiger partial charge in [-0.1, -0.05) is 81.7 Å². The maximum Gasteiger partial charge on any atom is 0.159 e. The van der Waals surface area contributed by atoms with Crippen LogP contribution < -0.4 is 0 Å². The van der Waals surface area contributed by atoms with Gasteiger partial charge in [0, 0.05) is 5.92 Å². The van der Waals surface area contributed by atoms with Crippen molar-refractivity contribution in [3.05, 3.63) is 11.6 Å². The third kappa shape index (κ3) is 3.80. The Bertz CT molecular complexity index is 830. The predicted octanol–water partition coefficient (Wildman–Crippen LogP) is 9.36. The largest absolute Gasteiger partial charge is 0.295 e. The lowest BCUT2D eigenvalue weighted by molar-refractivity contribution is -0.134. The van der Waals surface area contributed by atoms with Crippen molar-refractivity contribution in [3.63, 3.8) is 0 Å². The molecule has 4 aliphatic rings. The molecule has 194 valence electrons. The van der Waals surface area contributed by atoms with Crippen molar-refractivity contribution in [2.75, 3.05) is 0 Å². The summed E-state index contributed by atoms with van der Waals surface area (Å²) >= 11 is 0. The number of carbonyl (C=O) groups is 1. The summed E-state index contributed by atoms with van der Waals surface area (Å²) in [7, 11) is 0. The van der Waals surface area contributed by atoms with Gasteiger partial charge in [0.1, 0.15) is 0 Å². The molecule has 11 atom stereocenters. The SMILES string of the molecule is C[C@H]([C@H](C)C[C@@H](C)C(C)(C)C)[C@H]1CC[C@@]2(C)C3=CC(=O)[C@@H]4C[C@@H](C)[C@@H](C)C[C@]4(C)C3CC[C@]12C. The zero-order valence-electron chi connectivity index (χ0n) is 24.6. The Balaban J connectivity index is 1.63. The monoisotopic (exact) mass is 468 g/mol. The fourth-order valence-corrected chi connectivity index (χ4v) is 9.68. The van der Waals surface area contributed by atoms with Crippen molar-refractivity contribution >= 4 is 5.78 Å². The lowest BCUT2D eigenvalue weighted by Crippen LogP contribution is -2.56. The quantitative estimate of drug-likeness (QED) is 0.401. The summed E-state index contributed by atoms with van der Waals surface area (Å²) in [5.41, 5.74) is 2.66. The molecule has 1 unspecified atom stereocenters. The number of rotatable bonds is 4. The van der Waals surface area contributed by atoms with Gasteiger partial charge in [-0.25, -0.2) is 0 Å². The van der Waals surface area contributed by atoms with Gasteiger partial charge in [0.15, 0.2) is 5.78 Å². The first-order valence-electron chi connectivity index (χ1n) is 14.8. The molecule has 34 heavy (non-hydrogen) atoms. The molecule has 0 spiro atoms. The van der Waals surface area contributed by atoms with Crippen LogP contribution in [-0.2, 0) is 4.79 Å². The summed E-state index contributed by atoms with van der Waals surface area (Å²) < 4.78 is 0. The molecular formula is C33H56O. The van der Waals surface area contributed by atoms with E-state index in [1.165, 1.54) is 38.5 Å². The summed E-state index contributed by atoms with van der Waals surface area (Å²) in [4.78, 5) is 13.6. The first kappa shape index (κ1) is 26.5. The van der Waals surface area contributed by atoms with Crippen LogP contribution in [0, 0.1) is 69.0 Å². The Morgan fingerprint density at radius 1 is 0.971 bits per heavy atom. The molecule has 1 nitrogen and oxygen atoms in total. The molecule has 0 saturated heterocycles. The fraction of sp³-hybridized carbons (Fsp3) is 0.909. The van der Waals surface area contributed by atoms with E-state index in [1.807, 2.05) is 0 Å². The zero-order chi connectivity index (χ0) is 25.4. The molecule has 1 heteroatoms. The second-order valence-electron chi connectivity index (χ2n) is 15.8. The minimum atomic E-state index is 0.177. The van der Waals surface area contributed by atoms with Crippen molar-refractivity contribution in [1.29, 1.82) is 0 Å². The minimum absolute atomic E-state index is 0.177. The number of hydrogen-bond donors (Lipinski definition) is 0. The molecule has 0 heterocycles. The van der Waals surface area contributed by atoms with E-state index in [9.17, 15) is 4.79 Å². The van der Waals surface area contributed by atoms with E-state index in [-0.39, 0.29) is 16.7 Å². The van der Waals surface area contributed by atoms with Crippen LogP contribution in [0.25, 0.3) is 0 Å². The summed E-state index contributed by atoms with van der Waals surface area (Å²) in [6, 6.07) is 0. The van der Waals surface area contributed by atoms with Crippen LogP contribution in [0.2, 0.25) is 0 Å². The van der Waals surface area contributed by atoms with Crippen LogP contribution in [0.5, 0.6) is 0 Å². The lowest BCUT2D eigenvalue weighted by Gasteiger charge is -2.61. The number of allylic oxidation sites excluding steroid dienone is 2. The Morgan fingerprint density at radius 3 is 2.24 bits per heavy atom. The van der Waals surface area contributed by atoms with Gasteiger partial charge < -0.3 is 0 Å². The van der Waals surface area contributed by atoms with E-state index >= 15 is 0 Å². The van der Waals surface area contributed by atoms with Gasteiger partial charge in [0.2, 0.25) is 0 Å². The van der Waals surface area contributed by atoms with E-state index in [0.29, 0.717) is 28.4 Å². The van der Waals surface area contributed by atoms with Crippen LogP contribution in [0.15, 0.2) is 11.6 Å². The molecule has 0 N–H and O–H groups in total. The fourth-order valence-electron chi connectivity index (χ4n) is 9.68. The average molecular weight is 469 g/mol. The van der Waals surface area contributed by atoms with Crippen molar-refractivity contribution in [1.82, 2.24) is 0 Å². The topological polar surface area (TPSA) is 17.1 Å². The van der Waals surface area contributed by atoms with Gasteiger partial charge in [0.25, 0.3) is 0 Å². The van der Waals surface area contributed by atoms with Crippen LogP contribution in [0.3, 0.4) is 0 Å². The Morgan fingerprint density at radius 2 is 1.62 bits per heavy atom. The number of carbonyl (C=O) groups excluding carboxylic acids is 1. The second kappa shape index (κ2) is 8.48. The lowest BCUT2D eigenvalue weighted by atomic mass is 9.42. The molecule has 0 aromatic rings. The molecule has 0 amide bonds. The third-order valence-electron chi connectivity index (χ3n) is 13.3. The van der Waals surface area contributed by atoms with Gasteiger partial charge in [-0.2, -0.15) is 0 Å². The van der Waals surface area contributed by atoms with E-state index in [4.69, 9.17) is 0 Å². The summed E-state index contributed by atoms with van der Waals surface area (Å²) in [5, 5.41) is 0. The second-order valence-corrected chi connectivity index (χ2v) is 15.8. The highest BCUT2D eigenvalue weighted by Gasteiger charge is 2.65. The highest BCUT2D eigenvalue weighted by molar-refractivity contribution is 5.94. The normalized spacial score (nSPS) is 47.2. The van der Waals surface area contributed by atoms with Crippen LogP contribution >= 0.6 is 0 Å². The van der Waals surface area contributed by atoms with Gasteiger partial charge in [-0.05, 0) is 114 Å². The Kier molecular flexibility index (Phi) is 6.60. The van der Waals surface area contributed by atoms with Crippen LogP contribution in [0.1, 0.15) is 121 Å². The van der Waals surface area contributed by atoms with Gasteiger partial charge in [-0.15, -0.1) is 0 Å². The molecule has 3 fully saturated rings. The van der Waals surface area contributed by atoms with E-state index in [2.05, 4.69) is 82.2 Å². The highest BCUT2D eigenvalue weighted by atomic mass is 16.1. The van der Waals surface area contributed by atoms with Crippen molar-refractivity contribution in [2.24, 2.45) is 69.0 Å². The van der Waals surface area contributed by atoms with Crippen LogP contribution in [0.4, 0.5) is 0 Å². The molecule has 0 aliphatic heterocycles. The first-order valence-corrected chi connectivity index (χ1v) is 14.8. The average Bonchev–Trinajstić information content (AvgIpc) is 3.00. The van der Waals surface area contributed by atoms with Crippen molar-refractivity contribution in [3.8, 4) is 0 Å². The molecular weight excluding hydrogens is 412 g/mol. The van der Waals surface area contributed by atoms with E-state index < -0.39 is 0 Å². The standard InChI is InChI=1S/C33H56O/c1-20-17-28-29(34)18-27-26(31(28,9)19-22(20)3)13-15-32(10)25(12-14-33(27,32)11)24(5)21(2)16-23(4)30(6,7)8/h18,20-26,28H,12-17,19H2,1-11H3/t20-,21-,22+,23-,24-,25-,26?,28+,31-,32-,33+/m1/s1. The predicted molar refractivity (Wildman–Crippen MR) is 145 cm³/mol. The van der Waals surface area contributed by atoms with Gasteiger partial charge >= 0.3 is 0 Å². The maximum atomic E-state index is 13.6. The number of hydrogen-bond acceptors (Lipinski definition) is 1. The van der Waals surface area contributed by atoms with Crippen LogP contribution in [-0.4, -0.2) is 5.78 Å². The summed E-state index contributed by atoms with van der Waals surface area (Å²) in [6.45, 7) is 27.3. The highest BCUT2D eigenvalue weighted by Crippen LogP contribution is 2.72. The minimum Gasteiger partial charge on any atom is -0.295 e. The van der Waals surface area contributed by atoms with E-state index in [0.717, 1.165) is 36.0 Å². The Labute approximate surface area is 212 Å². The zero-order valence-corrected chi connectivity index (χ0v) is 24.6. The molecule has 0 radical (unpaired) electrons.